The Hall–Kier alpha value is -0.900. The maximum atomic E-state index is 11.5. The maximum absolute atomic E-state index is 11.5. The zero-order chi connectivity index (χ0) is 10.7. The van der Waals surface area contributed by atoms with E-state index in [2.05, 4.69) is 0 Å². The van der Waals surface area contributed by atoms with E-state index in [0.29, 0.717) is 19.4 Å². The van der Waals surface area contributed by atoms with Gasteiger partial charge in [0.25, 0.3) is 0 Å². The Morgan fingerprint density at radius 3 is 2.36 bits per heavy atom. The van der Waals surface area contributed by atoms with E-state index < -0.39 is 0 Å². The number of imide groups is 1. The Morgan fingerprint density at radius 1 is 1.43 bits per heavy atom. The number of likely N-dealkylation sites (tertiary alicyclic amines) is 1. The lowest BCUT2D eigenvalue weighted by Gasteiger charge is -2.29. The van der Waals surface area contributed by atoms with Crippen LogP contribution in [0.1, 0.15) is 26.7 Å². The van der Waals surface area contributed by atoms with E-state index in [4.69, 9.17) is 5.11 Å². The lowest BCUT2D eigenvalue weighted by Crippen LogP contribution is -2.45. The molecule has 0 aromatic rings. The molecule has 0 aromatic heterocycles. The minimum Gasteiger partial charge on any atom is -0.396 e. The number of rotatable bonds is 3. The van der Waals surface area contributed by atoms with Crippen LogP contribution in [0.3, 0.4) is 0 Å². The average molecular weight is 199 g/mol. The molecule has 1 fully saturated rings. The fraction of sp³-hybridized carbons (Fsp3) is 0.800. The summed E-state index contributed by atoms with van der Waals surface area (Å²) in [5.41, 5.74) is 0. The normalized spacial score (nSPS) is 21.5. The van der Waals surface area contributed by atoms with Gasteiger partial charge in [0.1, 0.15) is 0 Å². The minimum atomic E-state index is -0.103. The second-order valence-corrected chi connectivity index (χ2v) is 4.20. The molecule has 1 atom stereocenters. The first-order valence-electron chi connectivity index (χ1n) is 4.98. The zero-order valence-corrected chi connectivity index (χ0v) is 8.69. The number of piperidine rings is 1. The Morgan fingerprint density at radius 2 is 1.93 bits per heavy atom. The van der Waals surface area contributed by atoms with Crippen molar-refractivity contribution < 1.29 is 14.7 Å². The molecule has 0 bridgehead atoms. The molecule has 80 valence electrons. The van der Waals surface area contributed by atoms with Crippen molar-refractivity contribution in [2.75, 3.05) is 13.2 Å². The van der Waals surface area contributed by atoms with Gasteiger partial charge in [-0.05, 0) is 11.8 Å². The second kappa shape index (κ2) is 4.55. The highest BCUT2D eigenvalue weighted by atomic mass is 16.3. The standard InChI is InChI=1S/C10H17NO3/c1-7-3-9(13)11(10(14)4-7)5-8(2)6-12/h7-8,12H,3-6H2,1-2H3. The molecule has 1 heterocycles. The third-order valence-electron chi connectivity index (χ3n) is 2.45. The molecule has 1 rings (SSSR count). The topological polar surface area (TPSA) is 57.6 Å². The van der Waals surface area contributed by atoms with Crippen molar-refractivity contribution in [2.45, 2.75) is 26.7 Å². The third kappa shape index (κ3) is 2.54. The molecule has 0 aliphatic carbocycles. The summed E-state index contributed by atoms with van der Waals surface area (Å²) in [5, 5.41) is 8.84. The highest BCUT2D eigenvalue weighted by Gasteiger charge is 2.30. The Balaban J connectivity index is 2.59. The molecule has 1 unspecified atom stereocenters. The SMILES string of the molecule is CC1CC(=O)N(CC(C)CO)C(=O)C1. The lowest BCUT2D eigenvalue weighted by atomic mass is 9.97. The first kappa shape index (κ1) is 11.2. The number of hydrogen-bond acceptors (Lipinski definition) is 3. The Labute approximate surface area is 83.9 Å². The summed E-state index contributed by atoms with van der Waals surface area (Å²) < 4.78 is 0. The van der Waals surface area contributed by atoms with Crippen LogP contribution in [-0.4, -0.2) is 35.0 Å². The van der Waals surface area contributed by atoms with Crippen molar-refractivity contribution >= 4 is 11.8 Å². The van der Waals surface area contributed by atoms with Gasteiger partial charge in [-0.3, -0.25) is 14.5 Å². The van der Waals surface area contributed by atoms with E-state index in [-0.39, 0.29) is 30.3 Å². The minimum absolute atomic E-state index is 0.00656. The van der Waals surface area contributed by atoms with Gasteiger partial charge < -0.3 is 5.11 Å². The number of nitrogens with zero attached hydrogens (tertiary/aromatic N) is 1. The van der Waals surface area contributed by atoms with E-state index in [1.54, 1.807) is 0 Å². The van der Waals surface area contributed by atoms with E-state index in [1.807, 2.05) is 13.8 Å². The van der Waals surface area contributed by atoms with Gasteiger partial charge in [-0.2, -0.15) is 0 Å². The van der Waals surface area contributed by atoms with Crippen LogP contribution in [0.15, 0.2) is 0 Å². The van der Waals surface area contributed by atoms with Gasteiger partial charge in [-0.25, -0.2) is 0 Å². The summed E-state index contributed by atoms with van der Waals surface area (Å²) in [6, 6.07) is 0. The predicted octanol–water partition coefficient (Wildman–Crippen LogP) is 0.400. The molecule has 1 aliphatic rings. The smallest absolute Gasteiger partial charge is 0.229 e. The summed E-state index contributed by atoms with van der Waals surface area (Å²) in [6.45, 7) is 4.08. The molecule has 14 heavy (non-hydrogen) atoms. The van der Waals surface area contributed by atoms with Crippen LogP contribution < -0.4 is 0 Å². The Kier molecular flexibility index (Phi) is 3.63. The summed E-state index contributed by atoms with van der Waals surface area (Å²) in [7, 11) is 0. The molecule has 1 aliphatic heterocycles. The van der Waals surface area contributed by atoms with Crippen LogP contribution in [-0.2, 0) is 9.59 Å². The number of carbonyl (C=O) groups excluding carboxylic acids is 2. The highest BCUT2D eigenvalue weighted by molar-refractivity contribution is 5.97. The number of aliphatic hydroxyl groups is 1. The molecule has 0 radical (unpaired) electrons. The Bertz CT molecular complexity index is 222. The second-order valence-electron chi connectivity index (χ2n) is 4.20. The van der Waals surface area contributed by atoms with E-state index in [1.165, 1.54) is 4.90 Å². The summed E-state index contributed by atoms with van der Waals surface area (Å²) in [6.07, 6.45) is 0.897. The first-order valence-corrected chi connectivity index (χ1v) is 4.98. The van der Waals surface area contributed by atoms with Gasteiger partial charge in [0.05, 0.1) is 0 Å². The van der Waals surface area contributed by atoms with E-state index >= 15 is 0 Å². The largest absolute Gasteiger partial charge is 0.396 e. The van der Waals surface area contributed by atoms with Crippen LogP contribution in [0.2, 0.25) is 0 Å². The van der Waals surface area contributed by atoms with Crippen molar-refractivity contribution in [3.8, 4) is 0 Å². The zero-order valence-electron chi connectivity index (χ0n) is 8.69. The molecule has 0 aromatic carbocycles. The fourth-order valence-corrected chi connectivity index (χ4v) is 1.60. The maximum Gasteiger partial charge on any atom is 0.229 e. The monoisotopic (exact) mass is 199 g/mol. The molecule has 4 nitrogen and oxygen atoms in total. The van der Waals surface area contributed by atoms with E-state index in [0.717, 1.165) is 0 Å². The highest BCUT2D eigenvalue weighted by Crippen LogP contribution is 2.19. The lowest BCUT2D eigenvalue weighted by molar-refractivity contribution is -0.150. The van der Waals surface area contributed by atoms with Crippen molar-refractivity contribution in [1.29, 1.82) is 0 Å². The van der Waals surface area contributed by atoms with Crippen LogP contribution in [0.25, 0.3) is 0 Å². The number of aliphatic hydroxyl groups excluding tert-OH is 1. The summed E-state index contributed by atoms with van der Waals surface area (Å²) in [5.74, 6) is -0.0740. The van der Waals surface area contributed by atoms with Crippen LogP contribution in [0, 0.1) is 11.8 Å². The molecule has 4 heteroatoms. The van der Waals surface area contributed by atoms with Gasteiger partial charge in [0.2, 0.25) is 11.8 Å². The van der Waals surface area contributed by atoms with Crippen LogP contribution in [0.4, 0.5) is 0 Å². The molecular weight excluding hydrogens is 182 g/mol. The van der Waals surface area contributed by atoms with Crippen molar-refractivity contribution in [1.82, 2.24) is 4.90 Å². The van der Waals surface area contributed by atoms with Gasteiger partial charge in [0, 0.05) is 26.0 Å². The molecule has 0 saturated carbocycles. The summed E-state index contributed by atoms with van der Waals surface area (Å²) >= 11 is 0. The van der Waals surface area contributed by atoms with Gasteiger partial charge >= 0.3 is 0 Å². The van der Waals surface area contributed by atoms with Gasteiger partial charge in [-0.15, -0.1) is 0 Å². The molecule has 1 saturated heterocycles. The quantitative estimate of drug-likeness (QED) is 0.669. The van der Waals surface area contributed by atoms with Crippen molar-refractivity contribution in [2.24, 2.45) is 11.8 Å². The number of carbonyl (C=O) groups is 2. The van der Waals surface area contributed by atoms with E-state index in [9.17, 15) is 9.59 Å². The third-order valence-corrected chi connectivity index (χ3v) is 2.45. The number of amides is 2. The van der Waals surface area contributed by atoms with Crippen LogP contribution in [0.5, 0.6) is 0 Å². The molecular formula is C10H17NO3. The van der Waals surface area contributed by atoms with Crippen molar-refractivity contribution in [3.63, 3.8) is 0 Å². The fourth-order valence-electron chi connectivity index (χ4n) is 1.60. The number of hydrogen-bond donors (Lipinski definition) is 1. The van der Waals surface area contributed by atoms with Gasteiger partial charge in [-0.1, -0.05) is 13.8 Å². The van der Waals surface area contributed by atoms with Crippen molar-refractivity contribution in [3.05, 3.63) is 0 Å². The first-order chi connectivity index (χ1) is 6.54. The molecule has 2 amide bonds. The molecule has 1 N–H and O–H groups in total. The van der Waals surface area contributed by atoms with Gasteiger partial charge in [0.15, 0.2) is 0 Å². The predicted molar refractivity (Wildman–Crippen MR) is 51.4 cm³/mol. The average Bonchev–Trinajstić information content (AvgIpc) is 2.10. The molecule has 0 spiro atoms. The summed E-state index contributed by atoms with van der Waals surface area (Å²) in [4.78, 5) is 24.3. The van der Waals surface area contributed by atoms with Crippen LogP contribution >= 0.6 is 0 Å².